The molecule has 0 bridgehead atoms. The van der Waals surface area contributed by atoms with Crippen LogP contribution in [-0.2, 0) is 30.5 Å². The lowest BCUT2D eigenvalue weighted by molar-refractivity contribution is -0.137. The molecule has 0 aliphatic carbocycles. The molecule has 0 atom stereocenters. The van der Waals surface area contributed by atoms with E-state index in [1.807, 2.05) is 4.68 Å². The molecule has 2 aromatic rings. The lowest BCUT2D eigenvalue weighted by atomic mass is 10.2. The smallest absolute Gasteiger partial charge is 0.376 e. The summed E-state index contributed by atoms with van der Waals surface area (Å²) in [6, 6.07) is 3.80. The predicted octanol–water partition coefficient (Wildman–Crippen LogP) is 2.80. The van der Waals surface area contributed by atoms with Crippen LogP contribution < -0.4 is 10.6 Å². The molecule has 9 heteroatoms. The van der Waals surface area contributed by atoms with E-state index >= 15 is 0 Å². The van der Waals surface area contributed by atoms with Gasteiger partial charge in [0.25, 0.3) is 0 Å². The summed E-state index contributed by atoms with van der Waals surface area (Å²) in [6.07, 6.45) is -1.85. The summed E-state index contributed by atoms with van der Waals surface area (Å²) < 4.78 is 44.6. The van der Waals surface area contributed by atoms with E-state index in [2.05, 4.69) is 15.7 Å². The van der Waals surface area contributed by atoms with Crippen molar-refractivity contribution in [3.8, 4) is 0 Å². The fraction of sp³-hybridized carbons (Fsp3) is 0.375. The van der Waals surface area contributed by atoms with Gasteiger partial charge in [-0.05, 0) is 24.3 Å². The lowest BCUT2D eigenvalue weighted by Gasteiger charge is -2.15. The number of fused-ring (bicyclic) bond motifs is 1. The molecule has 1 aliphatic heterocycles. The second-order valence-electron chi connectivity index (χ2n) is 5.60. The quantitative estimate of drug-likeness (QED) is 0.887. The molecule has 0 fully saturated rings. The molecule has 1 aliphatic rings. The van der Waals surface area contributed by atoms with Crippen molar-refractivity contribution >= 4 is 11.7 Å². The van der Waals surface area contributed by atoms with Gasteiger partial charge in [-0.15, -0.1) is 0 Å². The highest BCUT2D eigenvalue weighted by atomic mass is 19.4. The molecule has 134 valence electrons. The molecule has 2 N–H and O–H groups in total. The van der Waals surface area contributed by atoms with Crippen LogP contribution in [0.2, 0.25) is 0 Å². The van der Waals surface area contributed by atoms with E-state index in [0.29, 0.717) is 32.0 Å². The van der Waals surface area contributed by atoms with E-state index in [1.54, 1.807) is 6.20 Å². The Morgan fingerprint density at radius 1 is 1.28 bits per heavy atom. The highest BCUT2D eigenvalue weighted by molar-refractivity contribution is 5.89. The molecule has 0 unspecified atom stereocenters. The molecule has 0 saturated carbocycles. The third kappa shape index (κ3) is 4.30. The standard InChI is InChI=1S/C16H17F3N4O2/c17-16(18,19)12-1-3-13(4-2-12)22-15(24)20-6-7-23-14-5-8-25-10-11(14)9-21-23/h1-4,9H,5-8,10H2,(H2,20,22,24). The Hall–Kier alpha value is -2.55. The van der Waals surface area contributed by atoms with Crippen LogP contribution in [0.5, 0.6) is 0 Å². The molecule has 0 radical (unpaired) electrons. The van der Waals surface area contributed by atoms with Crippen molar-refractivity contribution in [3.05, 3.63) is 47.3 Å². The van der Waals surface area contributed by atoms with E-state index in [4.69, 9.17) is 4.74 Å². The number of ether oxygens (including phenoxy) is 1. The Morgan fingerprint density at radius 3 is 2.76 bits per heavy atom. The Morgan fingerprint density at radius 2 is 2.04 bits per heavy atom. The minimum Gasteiger partial charge on any atom is -0.376 e. The molecule has 2 amide bonds. The van der Waals surface area contributed by atoms with Gasteiger partial charge >= 0.3 is 12.2 Å². The van der Waals surface area contributed by atoms with Crippen molar-refractivity contribution in [3.63, 3.8) is 0 Å². The topological polar surface area (TPSA) is 68.2 Å². The molecule has 1 aromatic carbocycles. The molecule has 0 saturated heterocycles. The maximum Gasteiger partial charge on any atom is 0.416 e. The number of nitrogens with zero attached hydrogens (tertiary/aromatic N) is 2. The van der Waals surface area contributed by atoms with Gasteiger partial charge in [0, 0.05) is 29.9 Å². The normalized spacial score (nSPS) is 14.0. The zero-order valence-electron chi connectivity index (χ0n) is 13.3. The van der Waals surface area contributed by atoms with Crippen molar-refractivity contribution in [1.29, 1.82) is 0 Å². The summed E-state index contributed by atoms with van der Waals surface area (Å²) >= 11 is 0. The molecule has 25 heavy (non-hydrogen) atoms. The number of aromatic nitrogens is 2. The number of nitrogens with one attached hydrogen (secondary N) is 2. The number of carbonyl (C=O) groups excluding carboxylic acids is 1. The van der Waals surface area contributed by atoms with Gasteiger partial charge in [0.05, 0.1) is 31.5 Å². The molecule has 0 spiro atoms. The fourth-order valence-electron chi connectivity index (χ4n) is 2.60. The van der Waals surface area contributed by atoms with Gasteiger partial charge in [0.1, 0.15) is 0 Å². The summed E-state index contributed by atoms with van der Waals surface area (Å²) in [6.45, 7) is 2.06. The predicted molar refractivity (Wildman–Crippen MR) is 84.1 cm³/mol. The fourth-order valence-corrected chi connectivity index (χ4v) is 2.60. The maximum absolute atomic E-state index is 12.5. The molecular formula is C16H17F3N4O2. The second-order valence-corrected chi connectivity index (χ2v) is 5.60. The minimum atomic E-state index is -4.39. The monoisotopic (exact) mass is 354 g/mol. The number of anilines is 1. The summed E-state index contributed by atoms with van der Waals surface area (Å²) in [5.41, 5.74) is 1.70. The van der Waals surface area contributed by atoms with Gasteiger partial charge in [-0.25, -0.2) is 4.79 Å². The number of hydrogen-bond acceptors (Lipinski definition) is 3. The largest absolute Gasteiger partial charge is 0.416 e. The zero-order chi connectivity index (χ0) is 17.9. The first kappa shape index (κ1) is 17.3. The van der Waals surface area contributed by atoms with E-state index in [9.17, 15) is 18.0 Å². The first-order valence-electron chi connectivity index (χ1n) is 7.77. The van der Waals surface area contributed by atoms with Crippen molar-refractivity contribution in [1.82, 2.24) is 15.1 Å². The van der Waals surface area contributed by atoms with Crippen molar-refractivity contribution in [2.75, 3.05) is 18.5 Å². The second kappa shape index (κ2) is 7.14. The van der Waals surface area contributed by atoms with Gasteiger partial charge in [0.2, 0.25) is 0 Å². The summed E-state index contributed by atoms with van der Waals surface area (Å²) in [5.74, 6) is 0. The van der Waals surface area contributed by atoms with Gasteiger partial charge < -0.3 is 15.4 Å². The van der Waals surface area contributed by atoms with Crippen LogP contribution in [0.25, 0.3) is 0 Å². The number of benzene rings is 1. The van der Waals surface area contributed by atoms with Gasteiger partial charge in [0.15, 0.2) is 0 Å². The number of alkyl halides is 3. The molecule has 3 rings (SSSR count). The van der Waals surface area contributed by atoms with E-state index in [-0.39, 0.29) is 0 Å². The number of hydrogen-bond donors (Lipinski definition) is 2. The van der Waals surface area contributed by atoms with Gasteiger partial charge in [-0.2, -0.15) is 18.3 Å². The Balaban J connectivity index is 1.47. The van der Waals surface area contributed by atoms with Gasteiger partial charge in [-0.3, -0.25) is 4.68 Å². The number of halogens is 3. The lowest BCUT2D eigenvalue weighted by Crippen LogP contribution is -2.32. The van der Waals surface area contributed by atoms with Crippen molar-refractivity contribution in [2.24, 2.45) is 0 Å². The maximum atomic E-state index is 12.5. The highest BCUT2D eigenvalue weighted by Gasteiger charge is 2.29. The third-order valence-electron chi connectivity index (χ3n) is 3.86. The SMILES string of the molecule is O=C(NCCn1ncc2c1CCOC2)Nc1ccc(C(F)(F)F)cc1. The average molecular weight is 354 g/mol. The summed E-state index contributed by atoms with van der Waals surface area (Å²) in [5, 5.41) is 9.42. The van der Waals surface area contributed by atoms with E-state index < -0.39 is 17.8 Å². The average Bonchev–Trinajstić information content (AvgIpc) is 2.98. The minimum absolute atomic E-state index is 0.291. The molecule has 6 nitrogen and oxygen atoms in total. The van der Waals surface area contributed by atoms with Crippen LogP contribution in [0, 0.1) is 0 Å². The number of amides is 2. The highest BCUT2D eigenvalue weighted by Crippen LogP contribution is 2.29. The van der Waals surface area contributed by atoms with E-state index in [0.717, 1.165) is 29.8 Å². The number of rotatable bonds is 4. The Labute approximate surface area is 142 Å². The molecular weight excluding hydrogens is 337 g/mol. The van der Waals surface area contributed by atoms with Crippen LogP contribution in [0.15, 0.2) is 30.5 Å². The molecule has 2 heterocycles. The Kier molecular flexibility index (Phi) is 4.93. The van der Waals surface area contributed by atoms with E-state index in [1.165, 1.54) is 12.1 Å². The van der Waals surface area contributed by atoms with Gasteiger partial charge in [-0.1, -0.05) is 0 Å². The molecule has 1 aromatic heterocycles. The van der Waals surface area contributed by atoms with Crippen LogP contribution >= 0.6 is 0 Å². The first-order valence-corrected chi connectivity index (χ1v) is 7.77. The number of urea groups is 1. The number of carbonyl (C=O) groups is 1. The zero-order valence-corrected chi connectivity index (χ0v) is 13.3. The van der Waals surface area contributed by atoms with Crippen LogP contribution in [-0.4, -0.2) is 29.0 Å². The Bertz CT molecular complexity index is 741. The van der Waals surface area contributed by atoms with Crippen LogP contribution in [0.3, 0.4) is 0 Å². The summed E-state index contributed by atoms with van der Waals surface area (Å²) in [7, 11) is 0. The van der Waals surface area contributed by atoms with Crippen molar-refractivity contribution < 1.29 is 22.7 Å². The third-order valence-corrected chi connectivity index (χ3v) is 3.86. The van der Waals surface area contributed by atoms with Crippen LogP contribution in [0.4, 0.5) is 23.7 Å². The van der Waals surface area contributed by atoms with Crippen molar-refractivity contribution in [2.45, 2.75) is 25.7 Å². The van der Waals surface area contributed by atoms with Crippen LogP contribution in [0.1, 0.15) is 16.8 Å². The first-order chi connectivity index (χ1) is 11.9. The summed E-state index contributed by atoms with van der Waals surface area (Å²) in [4.78, 5) is 11.8.